The second-order valence-corrected chi connectivity index (χ2v) is 7.00. The molecule has 1 amide bonds. The molecule has 0 saturated carbocycles. The molecule has 1 unspecified atom stereocenters. The molecule has 1 aliphatic rings. The van der Waals surface area contributed by atoms with Gasteiger partial charge in [0, 0.05) is 18.8 Å². The van der Waals surface area contributed by atoms with Crippen LogP contribution in [0.15, 0.2) is 48.5 Å². The van der Waals surface area contributed by atoms with Crippen molar-refractivity contribution in [3.05, 3.63) is 65.2 Å². The Hall–Kier alpha value is -2.59. The number of aryl methyl sites for hydroxylation is 2. The minimum Gasteiger partial charge on any atom is -0.508 e. The van der Waals surface area contributed by atoms with Crippen LogP contribution in [0.2, 0.25) is 0 Å². The number of amides is 1. The molecule has 0 aromatic heterocycles. The molecule has 1 aliphatic heterocycles. The maximum Gasteiger partial charge on any atom is 0.241 e. The van der Waals surface area contributed by atoms with E-state index < -0.39 is 0 Å². The van der Waals surface area contributed by atoms with Crippen molar-refractivity contribution in [1.82, 2.24) is 4.90 Å². The summed E-state index contributed by atoms with van der Waals surface area (Å²) < 4.78 is 0. The van der Waals surface area contributed by atoms with Crippen LogP contribution in [0, 0.1) is 13.8 Å². The molecule has 4 nitrogen and oxygen atoms in total. The van der Waals surface area contributed by atoms with E-state index in [-0.39, 0.29) is 17.7 Å². The molecule has 0 fully saturated rings. The number of benzene rings is 2. The first-order valence-electron chi connectivity index (χ1n) is 9.04. The standard InChI is InChI=1S/C22H26N2O2/c1-15-4-9-21(16(2)14-15)23-22(26)17(3)24-12-10-19(11-13-24)18-5-7-20(25)8-6-18/h4-10,14,17,25H,11-13H2,1-3H3,(H,23,26). The van der Waals surface area contributed by atoms with Crippen molar-refractivity contribution in [3.63, 3.8) is 0 Å². The quantitative estimate of drug-likeness (QED) is 0.872. The Morgan fingerprint density at radius 3 is 2.50 bits per heavy atom. The van der Waals surface area contributed by atoms with E-state index in [4.69, 9.17) is 0 Å². The number of nitrogens with one attached hydrogen (secondary N) is 1. The molecule has 0 spiro atoms. The zero-order chi connectivity index (χ0) is 18.7. The summed E-state index contributed by atoms with van der Waals surface area (Å²) in [7, 11) is 0. The predicted octanol–water partition coefficient (Wildman–Crippen LogP) is 4.13. The lowest BCUT2D eigenvalue weighted by Gasteiger charge is -2.31. The molecule has 1 heterocycles. The third kappa shape index (κ3) is 4.14. The first-order chi connectivity index (χ1) is 12.4. The maximum atomic E-state index is 12.6. The number of nitrogens with zero attached hydrogens (tertiary/aromatic N) is 1. The van der Waals surface area contributed by atoms with Gasteiger partial charge in [-0.25, -0.2) is 0 Å². The van der Waals surface area contributed by atoms with E-state index in [9.17, 15) is 9.90 Å². The summed E-state index contributed by atoms with van der Waals surface area (Å²) in [6, 6.07) is 13.2. The van der Waals surface area contributed by atoms with Gasteiger partial charge in [-0.05, 0) is 62.1 Å². The zero-order valence-corrected chi connectivity index (χ0v) is 15.6. The van der Waals surface area contributed by atoms with Gasteiger partial charge in [-0.3, -0.25) is 9.69 Å². The number of anilines is 1. The molecule has 2 N–H and O–H groups in total. The lowest BCUT2D eigenvalue weighted by Crippen LogP contribution is -2.44. The molecular formula is C22H26N2O2. The molecule has 3 rings (SSSR count). The summed E-state index contributed by atoms with van der Waals surface area (Å²) in [5.41, 5.74) is 5.55. The van der Waals surface area contributed by atoms with Crippen molar-refractivity contribution < 1.29 is 9.90 Å². The minimum atomic E-state index is -0.187. The van der Waals surface area contributed by atoms with Crippen molar-refractivity contribution in [2.45, 2.75) is 33.2 Å². The van der Waals surface area contributed by atoms with Gasteiger partial charge in [0.15, 0.2) is 0 Å². The van der Waals surface area contributed by atoms with Crippen molar-refractivity contribution in [2.24, 2.45) is 0 Å². The van der Waals surface area contributed by atoms with Gasteiger partial charge in [-0.1, -0.05) is 35.9 Å². The fraction of sp³-hybridized carbons (Fsp3) is 0.318. The number of hydrogen-bond donors (Lipinski definition) is 2. The van der Waals surface area contributed by atoms with Gasteiger partial charge in [-0.15, -0.1) is 0 Å². The number of rotatable bonds is 4. The van der Waals surface area contributed by atoms with E-state index in [1.165, 1.54) is 11.1 Å². The smallest absolute Gasteiger partial charge is 0.241 e. The summed E-state index contributed by atoms with van der Waals surface area (Å²) in [4.78, 5) is 14.8. The minimum absolute atomic E-state index is 0.0263. The van der Waals surface area contributed by atoms with Crippen molar-refractivity contribution >= 4 is 17.2 Å². The van der Waals surface area contributed by atoms with Gasteiger partial charge in [-0.2, -0.15) is 0 Å². The Kier molecular flexibility index (Phi) is 5.43. The van der Waals surface area contributed by atoms with Crippen LogP contribution in [-0.4, -0.2) is 35.0 Å². The molecule has 0 aliphatic carbocycles. The largest absolute Gasteiger partial charge is 0.508 e. The molecule has 1 atom stereocenters. The number of aromatic hydroxyl groups is 1. The van der Waals surface area contributed by atoms with Gasteiger partial charge in [0.25, 0.3) is 0 Å². The van der Waals surface area contributed by atoms with E-state index in [2.05, 4.69) is 22.4 Å². The van der Waals surface area contributed by atoms with Gasteiger partial charge >= 0.3 is 0 Å². The highest BCUT2D eigenvalue weighted by molar-refractivity contribution is 5.95. The summed E-state index contributed by atoms with van der Waals surface area (Å²) in [6.45, 7) is 7.61. The highest BCUT2D eigenvalue weighted by Gasteiger charge is 2.23. The molecule has 0 saturated heterocycles. The lowest BCUT2D eigenvalue weighted by atomic mass is 9.98. The monoisotopic (exact) mass is 350 g/mol. The fourth-order valence-electron chi connectivity index (χ4n) is 3.33. The van der Waals surface area contributed by atoms with Crippen LogP contribution in [0.3, 0.4) is 0 Å². The number of phenols is 1. The SMILES string of the molecule is Cc1ccc(NC(=O)C(C)N2CC=C(c3ccc(O)cc3)CC2)c(C)c1. The van der Waals surface area contributed by atoms with Crippen molar-refractivity contribution in [1.29, 1.82) is 0 Å². The summed E-state index contributed by atoms with van der Waals surface area (Å²) in [5, 5.41) is 12.5. The third-order valence-corrected chi connectivity index (χ3v) is 5.05. The number of carbonyl (C=O) groups excluding carboxylic acids is 1. The highest BCUT2D eigenvalue weighted by Crippen LogP contribution is 2.25. The van der Waals surface area contributed by atoms with Crippen LogP contribution in [0.25, 0.3) is 5.57 Å². The summed E-state index contributed by atoms with van der Waals surface area (Å²) in [5.74, 6) is 0.307. The van der Waals surface area contributed by atoms with Crippen LogP contribution in [0.1, 0.15) is 30.0 Å². The fourth-order valence-corrected chi connectivity index (χ4v) is 3.33. The van der Waals surface area contributed by atoms with Crippen LogP contribution in [0.5, 0.6) is 5.75 Å². The van der Waals surface area contributed by atoms with Gasteiger partial charge in [0.1, 0.15) is 5.75 Å². The van der Waals surface area contributed by atoms with E-state index in [1.807, 2.05) is 45.0 Å². The number of carbonyl (C=O) groups is 1. The van der Waals surface area contributed by atoms with Crippen LogP contribution in [0.4, 0.5) is 5.69 Å². The third-order valence-electron chi connectivity index (χ3n) is 5.05. The average molecular weight is 350 g/mol. The Morgan fingerprint density at radius 1 is 1.15 bits per heavy atom. The Labute approximate surface area is 155 Å². The Balaban J connectivity index is 1.62. The Morgan fingerprint density at radius 2 is 1.88 bits per heavy atom. The van der Waals surface area contributed by atoms with Crippen LogP contribution < -0.4 is 5.32 Å². The molecular weight excluding hydrogens is 324 g/mol. The van der Waals surface area contributed by atoms with Gasteiger partial charge in [0.05, 0.1) is 6.04 Å². The molecule has 0 radical (unpaired) electrons. The van der Waals surface area contributed by atoms with Gasteiger partial charge < -0.3 is 10.4 Å². The predicted molar refractivity (Wildman–Crippen MR) is 106 cm³/mol. The number of hydrogen-bond acceptors (Lipinski definition) is 3. The Bertz CT molecular complexity index is 825. The average Bonchev–Trinajstić information content (AvgIpc) is 2.64. The molecule has 136 valence electrons. The molecule has 2 aromatic carbocycles. The van der Waals surface area contributed by atoms with Crippen LogP contribution in [-0.2, 0) is 4.79 Å². The normalized spacial score (nSPS) is 16.0. The van der Waals surface area contributed by atoms with E-state index in [1.54, 1.807) is 12.1 Å². The van der Waals surface area contributed by atoms with Gasteiger partial charge in [0.2, 0.25) is 5.91 Å². The topological polar surface area (TPSA) is 52.6 Å². The molecule has 4 heteroatoms. The van der Waals surface area contributed by atoms with Crippen molar-refractivity contribution in [2.75, 3.05) is 18.4 Å². The first kappa shape index (κ1) is 18.2. The summed E-state index contributed by atoms with van der Waals surface area (Å²) >= 11 is 0. The second-order valence-electron chi connectivity index (χ2n) is 7.00. The molecule has 0 bridgehead atoms. The summed E-state index contributed by atoms with van der Waals surface area (Å²) in [6.07, 6.45) is 3.07. The first-order valence-corrected chi connectivity index (χ1v) is 9.04. The lowest BCUT2D eigenvalue weighted by molar-refractivity contribution is -0.120. The molecule has 2 aromatic rings. The molecule has 26 heavy (non-hydrogen) atoms. The number of phenolic OH excluding ortho intramolecular Hbond substituents is 1. The van der Waals surface area contributed by atoms with E-state index in [0.717, 1.165) is 36.3 Å². The second kappa shape index (κ2) is 7.75. The highest BCUT2D eigenvalue weighted by atomic mass is 16.3. The van der Waals surface area contributed by atoms with Crippen LogP contribution >= 0.6 is 0 Å². The zero-order valence-electron chi connectivity index (χ0n) is 15.6. The maximum absolute atomic E-state index is 12.6. The van der Waals surface area contributed by atoms with E-state index >= 15 is 0 Å². The van der Waals surface area contributed by atoms with E-state index in [0.29, 0.717) is 0 Å². The van der Waals surface area contributed by atoms with Crippen molar-refractivity contribution in [3.8, 4) is 5.75 Å².